The van der Waals surface area contributed by atoms with Crippen LogP contribution in [0.25, 0.3) is 0 Å². The Labute approximate surface area is 252 Å². The topological polar surface area (TPSA) is 143 Å². The molecule has 3 aromatic rings. The lowest BCUT2D eigenvalue weighted by molar-refractivity contribution is -0.163. The predicted molar refractivity (Wildman–Crippen MR) is 160 cm³/mol. The first kappa shape index (κ1) is 31.7. The van der Waals surface area contributed by atoms with E-state index in [9.17, 15) is 18.0 Å². The number of nitrogens with two attached hydrogens (primary N) is 1. The summed E-state index contributed by atoms with van der Waals surface area (Å²) in [7, 11) is -0.747. The van der Waals surface area contributed by atoms with Gasteiger partial charge in [-0.25, -0.2) is 8.42 Å². The fourth-order valence-corrected chi connectivity index (χ4v) is 6.43. The minimum Gasteiger partial charge on any atom is -0.480 e. The zero-order valence-corrected chi connectivity index (χ0v) is 25.5. The van der Waals surface area contributed by atoms with E-state index >= 15 is 0 Å². The van der Waals surface area contributed by atoms with Crippen molar-refractivity contribution in [1.82, 2.24) is 9.21 Å². The largest absolute Gasteiger partial charge is 0.480 e. The monoisotopic (exact) mass is 604 g/mol. The molecule has 4 rings (SSSR count). The van der Waals surface area contributed by atoms with E-state index in [-0.39, 0.29) is 36.2 Å². The van der Waals surface area contributed by atoms with E-state index in [0.29, 0.717) is 16.9 Å². The van der Waals surface area contributed by atoms with Gasteiger partial charge < -0.3 is 20.1 Å². The quantitative estimate of drug-likeness (QED) is 0.329. The summed E-state index contributed by atoms with van der Waals surface area (Å²) in [6.45, 7) is 3.70. The highest BCUT2D eigenvalue weighted by Gasteiger charge is 2.52. The smallest absolute Gasteiger partial charge is 0.324 e. The summed E-state index contributed by atoms with van der Waals surface area (Å²) in [6.07, 6.45) is -0.943. The molecular weight excluding hydrogens is 568 g/mol. The Bertz CT molecular complexity index is 1590. The number of amides is 1. The highest BCUT2D eigenvalue weighted by atomic mass is 32.2. The average molecular weight is 605 g/mol. The first-order chi connectivity index (χ1) is 20.4. The molecular formula is C32H36N4O6S. The van der Waals surface area contributed by atoms with Crippen molar-refractivity contribution < 1.29 is 27.5 Å². The number of hydrogen-bond donors (Lipinski definition) is 1. The third-order valence-corrected chi connectivity index (χ3v) is 9.08. The number of benzene rings is 3. The van der Waals surface area contributed by atoms with Crippen LogP contribution in [0, 0.1) is 17.2 Å². The number of ether oxygens (including phenoxy) is 2. The normalized spacial score (nSPS) is 15.9. The molecule has 43 heavy (non-hydrogen) atoms. The van der Waals surface area contributed by atoms with Crippen LogP contribution in [0.15, 0.2) is 83.8 Å². The second kappa shape index (κ2) is 13.0. The molecule has 11 heteroatoms. The van der Waals surface area contributed by atoms with E-state index in [4.69, 9.17) is 20.5 Å². The molecule has 10 nitrogen and oxygen atoms in total. The number of nitrogens with zero attached hydrogens (tertiary/aromatic N) is 3. The van der Waals surface area contributed by atoms with Gasteiger partial charge in [-0.1, -0.05) is 56.3 Å². The molecule has 3 aromatic carbocycles. The zero-order chi connectivity index (χ0) is 31.4. The second-order valence-electron chi connectivity index (χ2n) is 11.2. The Kier molecular flexibility index (Phi) is 9.55. The van der Waals surface area contributed by atoms with Crippen molar-refractivity contribution in [3.63, 3.8) is 0 Å². The maximum absolute atomic E-state index is 13.7. The number of sulfonamides is 1. The van der Waals surface area contributed by atoms with E-state index in [1.54, 1.807) is 64.3 Å². The molecule has 1 fully saturated rings. The SMILES string of the molecule is CC(C)C(OC(=O)[C@@H](N)Cc1cccc(S(=O)(=O)N2CC(Oc3ccc(C#N)cc3)(c3ccccc3)C2)c1)C(=O)N(C)C. The zero-order valence-electron chi connectivity index (χ0n) is 24.6. The van der Waals surface area contributed by atoms with Gasteiger partial charge in [0.15, 0.2) is 11.7 Å². The summed E-state index contributed by atoms with van der Waals surface area (Å²) >= 11 is 0. The molecule has 0 bridgehead atoms. The fraction of sp³-hybridized carbons (Fsp3) is 0.344. The molecule has 1 unspecified atom stereocenters. The molecule has 1 heterocycles. The van der Waals surface area contributed by atoms with Gasteiger partial charge in [-0.2, -0.15) is 9.57 Å². The lowest BCUT2D eigenvalue weighted by atomic mass is 9.87. The van der Waals surface area contributed by atoms with Crippen LogP contribution in [-0.2, 0) is 36.4 Å². The standard InChI is InChI=1S/C32H36N4O6S/c1-22(2)29(30(37)35(3)4)41-31(38)28(34)18-24-9-8-12-27(17-24)43(39,40)36-20-32(21-36,25-10-6-5-7-11-25)42-26-15-13-23(19-33)14-16-26/h5-17,22,28-29H,18,20-21,34H2,1-4H3/t28-,29?/m0/s1. The summed E-state index contributed by atoms with van der Waals surface area (Å²) in [5.41, 5.74) is 7.08. The highest BCUT2D eigenvalue weighted by Crippen LogP contribution is 2.40. The second-order valence-corrected chi connectivity index (χ2v) is 13.1. The van der Waals surface area contributed by atoms with Gasteiger partial charge in [0, 0.05) is 14.1 Å². The summed E-state index contributed by atoms with van der Waals surface area (Å²) in [6, 6.07) is 23.4. The van der Waals surface area contributed by atoms with Crippen LogP contribution >= 0.6 is 0 Å². The Morgan fingerprint density at radius 2 is 1.67 bits per heavy atom. The third kappa shape index (κ3) is 7.05. The van der Waals surface area contributed by atoms with E-state index in [0.717, 1.165) is 5.56 Å². The number of rotatable bonds is 11. The van der Waals surface area contributed by atoms with E-state index in [1.165, 1.54) is 21.3 Å². The van der Waals surface area contributed by atoms with Crippen LogP contribution in [0.5, 0.6) is 5.75 Å². The summed E-state index contributed by atoms with van der Waals surface area (Å²) in [5, 5.41) is 9.11. The van der Waals surface area contributed by atoms with E-state index < -0.39 is 33.7 Å². The van der Waals surface area contributed by atoms with Crippen LogP contribution in [0.4, 0.5) is 0 Å². The minimum atomic E-state index is -3.91. The maximum Gasteiger partial charge on any atom is 0.324 e. The highest BCUT2D eigenvalue weighted by molar-refractivity contribution is 7.89. The van der Waals surface area contributed by atoms with E-state index in [2.05, 4.69) is 6.07 Å². The Balaban J connectivity index is 1.49. The van der Waals surface area contributed by atoms with Gasteiger partial charge in [0.25, 0.3) is 5.91 Å². The van der Waals surface area contributed by atoms with Gasteiger partial charge in [0.1, 0.15) is 11.8 Å². The molecule has 0 saturated carbocycles. The van der Waals surface area contributed by atoms with Gasteiger partial charge >= 0.3 is 5.97 Å². The third-order valence-electron chi connectivity index (χ3n) is 7.29. The molecule has 0 radical (unpaired) electrons. The molecule has 0 spiro atoms. The number of carbonyl (C=O) groups is 2. The van der Waals surface area contributed by atoms with Crippen molar-refractivity contribution in [2.75, 3.05) is 27.2 Å². The summed E-state index contributed by atoms with van der Waals surface area (Å²) in [4.78, 5) is 26.6. The lowest BCUT2D eigenvalue weighted by Crippen LogP contribution is -2.64. The van der Waals surface area contributed by atoms with Gasteiger partial charge in [0.2, 0.25) is 10.0 Å². The van der Waals surface area contributed by atoms with Gasteiger partial charge in [-0.05, 0) is 59.9 Å². The molecule has 226 valence electrons. The van der Waals surface area contributed by atoms with Crippen LogP contribution in [0.1, 0.15) is 30.5 Å². The number of carbonyl (C=O) groups excluding carboxylic acids is 2. The molecule has 2 N–H and O–H groups in total. The van der Waals surface area contributed by atoms with Crippen molar-refractivity contribution in [1.29, 1.82) is 5.26 Å². The molecule has 0 aliphatic carbocycles. The van der Waals surface area contributed by atoms with Crippen LogP contribution in [0.3, 0.4) is 0 Å². The van der Waals surface area contributed by atoms with Gasteiger partial charge in [0.05, 0.1) is 29.6 Å². The number of likely N-dealkylation sites (N-methyl/N-ethyl adjacent to an activating group) is 1. The predicted octanol–water partition coefficient (Wildman–Crippen LogP) is 3.06. The fourth-order valence-electron chi connectivity index (χ4n) is 4.82. The summed E-state index contributed by atoms with van der Waals surface area (Å²) in [5.74, 6) is -0.805. The lowest BCUT2D eigenvalue weighted by Gasteiger charge is -2.48. The molecule has 2 atom stereocenters. The Morgan fingerprint density at radius 1 is 1.02 bits per heavy atom. The van der Waals surface area contributed by atoms with Crippen molar-refractivity contribution >= 4 is 21.9 Å². The van der Waals surface area contributed by atoms with Crippen LogP contribution in [-0.4, -0.2) is 68.8 Å². The number of hydrogen-bond acceptors (Lipinski definition) is 8. The molecule has 1 saturated heterocycles. The van der Waals surface area contributed by atoms with Crippen LogP contribution < -0.4 is 10.5 Å². The molecule has 1 aliphatic heterocycles. The average Bonchev–Trinajstić information content (AvgIpc) is 2.97. The molecule has 1 aliphatic rings. The maximum atomic E-state index is 13.7. The van der Waals surface area contributed by atoms with Crippen molar-refractivity contribution in [2.24, 2.45) is 11.7 Å². The first-order valence-electron chi connectivity index (χ1n) is 13.9. The van der Waals surface area contributed by atoms with Crippen molar-refractivity contribution in [2.45, 2.75) is 42.9 Å². The summed E-state index contributed by atoms with van der Waals surface area (Å²) < 4.78 is 40.5. The number of esters is 1. The van der Waals surface area contributed by atoms with Crippen molar-refractivity contribution in [3.05, 3.63) is 95.6 Å². The molecule has 1 amide bonds. The number of nitriles is 1. The molecule has 0 aromatic heterocycles. The Hall–Kier alpha value is -4.24. The first-order valence-corrected chi connectivity index (χ1v) is 15.3. The minimum absolute atomic E-state index is 0.0267. The van der Waals surface area contributed by atoms with E-state index in [1.807, 2.05) is 30.3 Å². The van der Waals surface area contributed by atoms with Gasteiger partial charge in [-0.3, -0.25) is 9.59 Å². The Morgan fingerprint density at radius 3 is 2.26 bits per heavy atom. The van der Waals surface area contributed by atoms with Gasteiger partial charge in [-0.15, -0.1) is 0 Å². The van der Waals surface area contributed by atoms with Crippen molar-refractivity contribution in [3.8, 4) is 11.8 Å². The van der Waals surface area contributed by atoms with Crippen LogP contribution in [0.2, 0.25) is 0 Å².